The van der Waals surface area contributed by atoms with Gasteiger partial charge < -0.3 is 10.1 Å². The number of thiazole rings is 1. The minimum atomic E-state index is 0.487. The van der Waals surface area contributed by atoms with Gasteiger partial charge in [0, 0.05) is 30.6 Å². The van der Waals surface area contributed by atoms with Gasteiger partial charge in [-0.25, -0.2) is 4.98 Å². The summed E-state index contributed by atoms with van der Waals surface area (Å²) in [6, 6.07) is 0.487. The fourth-order valence-corrected chi connectivity index (χ4v) is 2.85. The average Bonchev–Trinajstić information content (AvgIpc) is 2.65. The zero-order valence-corrected chi connectivity index (χ0v) is 12.9. The van der Waals surface area contributed by atoms with Crippen molar-refractivity contribution < 1.29 is 4.74 Å². The molecule has 0 aliphatic rings. The van der Waals surface area contributed by atoms with Gasteiger partial charge in [0.05, 0.1) is 10.7 Å². The lowest BCUT2D eigenvalue weighted by Gasteiger charge is -2.17. The largest absolute Gasteiger partial charge is 0.382 e. The standard InChI is InChI=1S/C14H26N2OS/c1-5-8-15-13(7-9-17-6-2)10-14-16-11(3)12(4)18-14/h13,15H,5-10H2,1-4H3. The molecule has 18 heavy (non-hydrogen) atoms. The third-order valence-corrected chi connectivity index (χ3v) is 4.09. The third-order valence-electron chi connectivity index (χ3n) is 2.99. The van der Waals surface area contributed by atoms with Crippen molar-refractivity contribution in [2.45, 2.75) is 53.0 Å². The normalized spacial score (nSPS) is 12.9. The van der Waals surface area contributed by atoms with Crippen molar-refractivity contribution in [1.29, 1.82) is 0 Å². The molecule has 0 bridgehead atoms. The summed E-state index contributed by atoms with van der Waals surface area (Å²) in [5.41, 5.74) is 1.18. The van der Waals surface area contributed by atoms with Gasteiger partial charge in [-0.3, -0.25) is 0 Å². The van der Waals surface area contributed by atoms with E-state index in [1.54, 1.807) is 0 Å². The molecule has 104 valence electrons. The van der Waals surface area contributed by atoms with Gasteiger partial charge in [0.1, 0.15) is 0 Å². The maximum absolute atomic E-state index is 5.45. The minimum absolute atomic E-state index is 0.487. The van der Waals surface area contributed by atoms with E-state index in [0.717, 1.165) is 32.6 Å². The predicted octanol–water partition coefficient (Wildman–Crippen LogP) is 3.10. The molecule has 0 amide bonds. The smallest absolute Gasteiger partial charge is 0.0946 e. The Bertz CT molecular complexity index is 319. The van der Waals surface area contributed by atoms with E-state index < -0.39 is 0 Å². The monoisotopic (exact) mass is 270 g/mol. The zero-order valence-electron chi connectivity index (χ0n) is 12.1. The molecule has 0 aromatic carbocycles. The van der Waals surface area contributed by atoms with Gasteiger partial charge in [0.2, 0.25) is 0 Å². The van der Waals surface area contributed by atoms with Crippen LogP contribution in [0, 0.1) is 13.8 Å². The Morgan fingerprint density at radius 2 is 2.11 bits per heavy atom. The van der Waals surface area contributed by atoms with Crippen molar-refractivity contribution in [3.8, 4) is 0 Å². The molecule has 1 unspecified atom stereocenters. The summed E-state index contributed by atoms with van der Waals surface area (Å²) in [5, 5.41) is 4.84. The van der Waals surface area contributed by atoms with E-state index in [-0.39, 0.29) is 0 Å². The van der Waals surface area contributed by atoms with Crippen molar-refractivity contribution in [2.75, 3.05) is 19.8 Å². The van der Waals surface area contributed by atoms with Crippen LogP contribution in [0.15, 0.2) is 0 Å². The average molecular weight is 270 g/mol. The van der Waals surface area contributed by atoms with Gasteiger partial charge in [0.25, 0.3) is 0 Å². The van der Waals surface area contributed by atoms with Crippen LogP contribution in [-0.4, -0.2) is 30.8 Å². The SMILES string of the molecule is CCCNC(CCOCC)Cc1nc(C)c(C)s1. The van der Waals surface area contributed by atoms with Gasteiger partial charge >= 0.3 is 0 Å². The third kappa shape index (κ3) is 5.46. The Kier molecular flexibility index (Phi) is 7.47. The molecule has 1 heterocycles. The Morgan fingerprint density at radius 1 is 1.33 bits per heavy atom. The first-order valence-electron chi connectivity index (χ1n) is 6.91. The summed E-state index contributed by atoms with van der Waals surface area (Å²) < 4.78 is 5.45. The second kappa shape index (κ2) is 8.62. The van der Waals surface area contributed by atoms with Crippen LogP contribution in [-0.2, 0) is 11.2 Å². The molecule has 0 saturated carbocycles. The van der Waals surface area contributed by atoms with E-state index in [4.69, 9.17) is 4.74 Å². The fourth-order valence-electron chi connectivity index (χ4n) is 1.83. The lowest BCUT2D eigenvalue weighted by atomic mass is 10.1. The molecule has 1 N–H and O–H groups in total. The number of nitrogens with one attached hydrogen (secondary N) is 1. The van der Waals surface area contributed by atoms with E-state index in [9.17, 15) is 0 Å². The van der Waals surface area contributed by atoms with E-state index in [0.29, 0.717) is 6.04 Å². The van der Waals surface area contributed by atoms with Crippen LogP contribution in [0.2, 0.25) is 0 Å². The highest BCUT2D eigenvalue weighted by atomic mass is 32.1. The van der Waals surface area contributed by atoms with Gasteiger partial charge in [0.15, 0.2) is 0 Å². The molecule has 3 nitrogen and oxygen atoms in total. The molecular weight excluding hydrogens is 244 g/mol. The second-order valence-corrected chi connectivity index (χ2v) is 5.88. The highest BCUT2D eigenvalue weighted by Gasteiger charge is 2.12. The van der Waals surface area contributed by atoms with Crippen LogP contribution in [0.3, 0.4) is 0 Å². The lowest BCUT2D eigenvalue weighted by Crippen LogP contribution is -2.33. The maximum atomic E-state index is 5.45. The number of hydrogen-bond acceptors (Lipinski definition) is 4. The molecular formula is C14H26N2OS. The first kappa shape index (κ1) is 15.6. The summed E-state index contributed by atoms with van der Waals surface area (Å²) in [4.78, 5) is 5.96. The van der Waals surface area contributed by atoms with Crippen LogP contribution < -0.4 is 5.32 Å². The Balaban J connectivity index is 2.48. The fraction of sp³-hybridized carbons (Fsp3) is 0.786. The summed E-state index contributed by atoms with van der Waals surface area (Å²) in [5.74, 6) is 0. The molecule has 1 rings (SSSR count). The Morgan fingerprint density at radius 3 is 2.67 bits per heavy atom. The summed E-state index contributed by atoms with van der Waals surface area (Å²) in [6.07, 6.45) is 3.25. The Labute approximate surface area is 115 Å². The molecule has 0 aliphatic carbocycles. The highest BCUT2D eigenvalue weighted by molar-refractivity contribution is 7.11. The quantitative estimate of drug-likeness (QED) is 0.700. The molecule has 4 heteroatoms. The maximum Gasteiger partial charge on any atom is 0.0946 e. The molecule has 0 fully saturated rings. The van der Waals surface area contributed by atoms with Crippen molar-refractivity contribution in [3.05, 3.63) is 15.6 Å². The summed E-state index contributed by atoms with van der Waals surface area (Å²) in [7, 11) is 0. The van der Waals surface area contributed by atoms with Crippen molar-refractivity contribution in [1.82, 2.24) is 10.3 Å². The lowest BCUT2D eigenvalue weighted by molar-refractivity contribution is 0.136. The first-order chi connectivity index (χ1) is 8.67. The summed E-state index contributed by atoms with van der Waals surface area (Å²) in [6.45, 7) is 11.2. The minimum Gasteiger partial charge on any atom is -0.382 e. The molecule has 0 spiro atoms. The van der Waals surface area contributed by atoms with Crippen LogP contribution in [0.5, 0.6) is 0 Å². The van der Waals surface area contributed by atoms with Crippen LogP contribution in [0.25, 0.3) is 0 Å². The number of nitrogens with zero attached hydrogens (tertiary/aromatic N) is 1. The number of ether oxygens (including phenoxy) is 1. The number of hydrogen-bond donors (Lipinski definition) is 1. The van der Waals surface area contributed by atoms with Gasteiger partial charge in [-0.15, -0.1) is 11.3 Å². The number of aromatic nitrogens is 1. The van der Waals surface area contributed by atoms with Crippen molar-refractivity contribution in [2.24, 2.45) is 0 Å². The number of rotatable bonds is 9. The van der Waals surface area contributed by atoms with Crippen molar-refractivity contribution >= 4 is 11.3 Å². The van der Waals surface area contributed by atoms with Crippen LogP contribution in [0.4, 0.5) is 0 Å². The molecule has 0 radical (unpaired) electrons. The van der Waals surface area contributed by atoms with Gasteiger partial charge in [-0.2, -0.15) is 0 Å². The zero-order chi connectivity index (χ0) is 13.4. The van der Waals surface area contributed by atoms with Crippen molar-refractivity contribution in [3.63, 3.8) is 0 Å². The first-order valence-corrected chi connectivity index (χ1v) is 7.73. The van der Waals surface area contributed by atoms with Crippen LogP contribution in [0.1, 0.15) is 42.3 Å². The van der Waals surface area contributed by atoms with Crippen LogP contribution >= 0.6 is 11.3 Å². The molecule has 0 saturated heterocycles. The van der Waals surface area contributed by atoms with E-state index in [1.165, 1.54) is 22.0 Å². The van der Waals surface area contributed by atoms with Gasteiger partial charge in [-0.1, -0.05) is 6.92 Å². The van der Waals surface area contributed by atoms with E-state index in [2.05, 4.69) is 31.1 Å². The molecule has 1 aromatic heterocycles. The van der Waals surface area contributed by atoms with E-state index >= 15 is 0 Å². The molecule has 1 aromatic rings. The Hall–Kier alpha value is -0.450. The highest BCUT2D eigenvalue weighted by Crippen LogP contribution is 2.18. The number of aryl methyl sites for hydroxylation is 2. The topological polar surface area (TPSA) is 34.1 Å². The predicted molar refractivity (Wildman–Crippen MR) is 78.5 cm³/mol. The summed E-state index contributed by atoms with van der Waals surface area (Å²) >= 11 is 1.82. The van der Waals surface area contributed by atoms with E-state index in [1.807, 2.05) is 18.3 Å². The second-order valence-electron chi connectivity index (χ2n) is 4.59. The molecule has 0 aliphatic heterocycles. The molecule has 1 atom stereocenters. The van der Waals surface area contributed by atoms with Gasteiger partial charge in [-0.05, 0) is 40.2 Å².